The summed E-state index contributed by atoms with van der Waals surface area (Å²) in [7, 11) is 1.58. The van der Waals surface area contributed by atoms with Gasteiger partial charge < -0.3 is 14.8 Å². The predicted molar refractivity (Wildman–Crippen MR) is 97.1 cm³/mol. The van der Waals surface area contributed by atoms with E-state index in [-0.39, 0.29) is 11.8 Å². The molecule has 0 saturated carbocycles. The number of benzene rings is 2. The van der Waals surface area contributed by atoms with E-state index in [1.165, 1.54) is 6.08 Å². The maximum Gasteiger partial charge on any atom is 0.338 e. The number of allylic oxidation sites excluding steroid dienone is 2. The lowest BCUT2D eigenvalue weighted by Gasteiger charge is -2.08. The number of anilines is 1. The van der Waals surface area contributed by atoms with Gasteiger partial charge >= 0.3 is 5.97 Å². The molecule has 130 valence electrons. The fourth-order valence-electron chi connectivity index (χ4n) is 2.24. The summed E-state index contributed by atoms with van der Waals surface area (Å²) in [4.78, 5) is 24.0. The summed E-state index contributed by atoms with van der Waals surface area (Å²) in [6, 6.07) is 13.9. The second-order valence-electron chi connectivity index (χ2n) is 5.35. The summed E-state index contributed by atoms with van der Waals surface area (Å²) in [6.45, 7) is 3.88. The quantitative estimate of drug-likeness (QED) is 0.468. The SMILES string of the molecule is CCOC(=O)c1cccc(NC(C)=CC(=O)c2ccc(OC)cc2)c1. The van der Waals surface area contributed by atoms with Crippen molar-refractivity contribution in [3.05, 3.63) is 71.4 Å². The van der Waals surface area contributed by atoms with Crippen LogP contribution in [-0.2, 0) is 4.74 Å². The number of esters is 1. The third-order valence-electron chi connectivity index (χ3n) is 3.44. The van der Waals surface area contributed by atoms with E-state index in [2.05, 4.69) is 5.32 Å². The molecule has 0 aromatic heterocycles. The number of methoxy groups -OCH3 is 1. The number of nitrogens with one attached hydrogen (secondary N) is 1. The maximum absolute atomic E-state index is 12.3. The monoisotopic (exact) mass is 339 g/mol. The van der Waals surface area contributed by atoms with Crippen LogP contribution >= 0.6 is 0 Å². The molecule has 2 aromatic rings. The first kappa shape index (κ1) is 18.3. The van der Waals surface area contributed by atoms with Crippen LogP contribution in [0, 0.1) is 0 Å². The fourth-order valence-corrected chi connectivity index (χ4v) is 2.24. The van der Waals surface area contributed by atoms with Crippen molar-refractivity contribution in [1.82, 2.24) is 0 Å². The lowest BCUT2D eigenvalue weighted by molar-refractivity contribution is 0.0526. The highest BCUT2D eigenvalue weighted by molar-refractivity contribution is 6.05. The van der Waals surface area contributed by atoms with Crippen LogP contribution in [0.3, 0.4) is 0 Å². The van der Waals surface area contributed by atoms with Gasteiger partial charge in [-0.1, -0.05) is 6.07 Å². The van der Waals surface area contributed by atoms with Crippen molar-refractivity contribution in [3.63, 3.8) is 0 Å². The van der Waals surface area contributed by atoms with Crippen molar-refractivity contribution in [3.8, 4) is 5.75 Å². The van der Waals surface area contributed by atoms with Gasteiger partial charge in [-0.05, 0) is 56.3 Å². The zero-order chi connectivity index (χ0) is 18.2. The van der Waals surface area contributed by atoms with Crippen molar-refractivity contribution in [2.45, 2.75) is 13.8 Å². The zero-order valence-electron chi connectivity index (χ0n) is 14.5. The molecular formula is C20H21NO4. The molecule has 0 atom stereocenters. The Bertz CT molecular complexity index is 779. The minimum Gasteiger partial charge on any atom is -0.497 e. The van der Waals surface area contributed by atoms with Crippen LogP contribution in [0.25, 0.3) is 0 Å². The van der Waals surface area contributed by atoms with E-state index in [4.69, 9.17) is 9.47 Å². The molecule has 0 aliphatic heterocycles. The van der Waals surface area contributed by atoms with Crippen molar-refractivity contribution >= 4 is 17.4 Å². The lowest BCUT2D eigenvalue weighted by atomic mass is 10.1. The highest BCUT2D eigenvalue weighted by Gasteiger charge is 2.08. The zero-order valence-corrected chi connectivity index (χ0v) is 14.5. The van der Waals surface area contributed by atoms with Crippen molar-refractivity contribution in [2.24, 2.45) is 0 Å². The molecule has 0 fully saturated rings. The van der Waals surface area contributed by atoms with Crippen molar-refractivity contribution in [1.29, 1.82) is 0 Å². The van der Waals surface area contributed by atoms with E-state index >= 15 is 0 Å². The number of carbonyl (C=O) groups excluding carboxylic acids is 2. The summed E-state index contributed by atoms with van der Waals surface area (Å²) in [5.41, 5.74) is 2.41. The van der Waals surface area contributed by atoms with Crippen LogP contribution in [0.5, 0.6) is 5.75 Å². The van der Waals surface area contributed by atoms with Crippen LogP contribution in [0.2, 0.25) is 0 Å². The van der Waals surface area contributed by atoms with E-state index in [1.54, 1.807) is 63.4 Å². The Labute approximate surface area is 147 Å². The number of hydrogen-bond acceptors (Lipinski definition) is 5. The Balaban J connectivity index is 2.08. The molecule has 0 bridgehead atoms. The van der Waals surface area contributed by atoms with Gasteiger partial charge in [-0.15, -0.1) is 0 Å². The first-order valence-corrected chi connectivity index (χ1v) is 7.94. The topological polar surface area (TPSA) is 64.6 Å². The van der Waals surface area contributed by atoms with E-state index in [0.29, 0.717) is 34.9 Å². The summed E-state index contributed by atoms with van der Waals surface area (Å²) < 4.78 is 10.1. The van der Waals surface area contributed by atoms with Gasteiger partial charge in [-0.25, -0.2) is 4.79 Å². The Morgan fingerprint density at radius 3 is 2.44 bits per heavy atom. The normalized spacial score (nSPS) is 10.9. The first-order valence-electron chi connectivity index (χ1n) is 7.94. The van der Waals surface area contributed by atoms with Crippen LogP contribution < -0.4 is 10.1 Å². The molecule has 0 unspecified atom stereocenters. The standard InChI is InChI=1S/C20H21NO4/c1-4-25-20(23)16-6-5-7-17(13-16)21-14(2)12-19(22)15-8-10-18(24-3)11-9-15/h5-13,21H,4H2,1-3H3. The molecule has 0 radical (unpaired) electrons. The molecule has 0 aliphatic carbocycles. The van der Waals surface area contributed by atoms with Crippen molar-refractivity contribution < 1.29 is 19.1 Å². The highest BCUT2D eigenvalue weighted by Crippen LogP contribution is 2.16. The summed E-state index contributed by atoms with van der Waals surface area (Å²) in [6.07, 6.45) is 1.51. The second-order valence-corrected chi connectivity index (χ2v) is 5.35. The number of ketones is 1. The average molecular weight is 339 g/mol. The van der Waals surface area contributed by atoms with Crippen LogP contribution in [0.1, 0.15) is 34.6 Å². The molecule has 5 heteroatoms. The molecule has 1 N–H and O–H groups in total. The Morgan fingerprint density at radius 1 is 1.08 bits per heavy atom. The predicted octanol–water partition coefficient (Wildman–Crippen LogP) is 4.07. The third kappa shape index (κ3) is 5.21. The smallest absolute Gasteiger partial charge is 0.338 e. The van der Waals surface area contributed by atoms with Crippen LogP contribution in [0.4, 0.5) is 5.69 Å². The largest absolute Gasteiger partial charge is 0.497 e. The molecule has 0 spiro atoms. The molecule has 5 nitrogen and oxygen atoms in total. The lowest BCUT2D eigenvalue weighted by Crippen LogP contribution is -2.06. The van der Waals surface area contributed by atoms with Gasteiger partial charge in [0, 0.05) is 23.0 Å². The fraction of sp³-hybridized carbons (Fsp3) is 0.200. The molecule has 0 heterocycles. The van der Waals surface area contributed by atoms with E-state index in [1.807, 2.05) is 6.07 Å². The highest BCUT2D eigenvalue weighted by atomic mass is 16.5. The summed E-state index contributed by atoms with van der Waals surface area (Å²) >= 11 is 0. The maximum atomic E-state index is 12.3. The molecule has 0 saturated heterocycles. The van der Waals surface area contributed by atoms with Crippen LogP contribution in [0.15, 0.2) is 60.3 Å². The Kier molecular flexibility index (Phi) is 6.34. The van der Waals surface area contributed by atoms with Crippen molar-refractivity contribution in [2.75, 3.05) is 19.0 Å². The Hall–Kier alpha value is -3.08. The molecule has 0 amide bonds. The molecule has 25 heavy (non-hydrogen) atoms. The van der Waals surface area contributed by atoms with Gasteiger partial charge in [0.05, 0.1) is 19.3 Å². The number of rotatable bonds is 7. The van der Waals surface area contributed by atoms with Gasteiger partial charge in [0.15, 0.2) is 5.78 Å². The van der Waals surface area contributed by atoms with Gasteiger partial charge in [-0.2, -0.15) is 0 Å². The molecular weight excluding hydrogens is 318 g/mol. The number of hydrogen-bond donors (Lipinski definition) is 1. The van der Waals surface area contributed by atoms with Gasteiger partial charge in [0.25, 0.3) is 0 Å². The average Bonchev–Trinajstić information content (AvgIpc) is 2.62. The first-order chi connectivity index (χ1) is 12.0. The molecule has 2 rings (SSSR count). The molecule has 2 aromatic carbocycles. The molecule has 0 aliphatic rings. The van der Waals surface area contributed by atoms with E-state index in [9.17, 15) is 9.59 Å². The third-order valence-corrected chi connectivity index (χ3v) is 3.44. The van der Waals surface area contributed by atoms with Gasteiger partial charge in [0.1, 0.15) is 5.75 Å². The van der Waals surface area contributed by atoms with Gasteiger partial charge in [-0.3, -0.25) is 4.79 Å². The summed E-state index contributed by atoms with van der Waals surface area (Å²) in [5.74, 6) is 0.211. The number of ether oxygens (including phenoxy) is 2. The Morgan fingerprint density at radius 2 is 1.80 bits per heavy atom. The minimum atomic E-state index is -0.373. The second kappa shape index (κ2) is 8.68. The van der Waals surface area contributed by atoms with Crippen LogP contribution in [-0.4, -0.2) is 25.5 Å². The minimum absolute atomic E-state index is 0.116. The number of carbonyl (C=O) groups is 2. The van der Waals surface area contributed by atoms with E-state index in [0.717, 1.165) is 0 Å². The van der Waals surface area contributed by atoms with E-state index < -0.39 is 0 Å². The summed E-state index contributed by atoms with van der Waals surface area (Å²) in [5, 5.41) is 3.11. The van der Waals surface area contributed by atoms with Gasteiger partial charge in [0.2, 0.25) is 0 Å².